The lowest BCUT2D eigenvalue weighted by molar-refractivity contribution is 0.390. The number of hydrazone groups is 1. The van der Waals surface area contributed by atoms with Crippen molar-refractivity contribution in [2.24, 2.45) is 5.10 Å². The zero-order valence-electron chi connectivity index (χ0n) is 4.92. The van der Waals surface area contributed by atoms with E-state index in [2.05, 4.69) is 12.1 Å². The van der Waals surface area contributed by atoms with E-state index < -0.39 is 0 Å². The molecule has 0 saturated heterocycles. The molecule has 0 N–H and O–H groups in total. The van der Waals surface area contributed by atoms with E-state index in [1.54, 1.807) is 12.1 Å². The first-order chi connectivity index (χ1) is 3.83. The largest absolute Gasteiger partial charge is 0.483 e. The quantitative estimate of drug-likeness (QED) is 0.426. The van der Waals surface area contributed by atoms with Crippen molar-refractivity contribution in [2.45, 2.75) is 6.42 Å². The van der Waals surface area contributed by atoms with Crippen molar-refractivity contribution in [2.75, 3.05) is 13.7 Å². The highest BCUT2D eigenvalue weighted by Gasteiger charge is 2.04. The molecule has 0 saturated carbocycles. The number of hydrogen-bond acceptors (Lipinski definition) is 3. The highest BCUT2D eigenvalue weighted by Crippen LogP contribution is 2.02. The van der Waals surface area contributed by atoms with E-state index in [4.69, 9.17) is 4.74 Å². The Morgan fingerprint density at radius 3 is 2.88 bits per heavy atom. The average Bonchev–Trinajstić information content (AvgIpc) is 2.14. The van der Waals surface area contributed by atoms with Gasteiger partial charge in [0.25, 0.3) is 0 Å². The summed E-state index contributed by atoms with van der Waals surface area (Å²) in [6, 6.07) is 0. The predicted octanol–water partition coefficient (Wildman–Crippen LogP) is 0.444. The second-order valence-corrected chi connectivity index (χ2v) is 1.68. The zero-order chi connectivity index (χ0) is 5.98. The molecule has 3 heteroatoms. The molecule has 0 aliphatic carbocycles. The summed E-state index contributed by atoms with van der Waals surface area (Å²) < 4.78 is 4.85. The summed E-state index contributed by atoms with van der Waals surface area (Å²) in [6.45, 7) is 0.878. The monoisotopic (exact) mass is 113 g/mol. The van der Waals surface area contributed by atoms with Gasteiger partial charge < -0.3 is 9.75 Å². The molecule has 8 heavy (non-hydrogen) atoms. The fourth-order valence-corrected chi connectivity index (χ4v) is 0.625. The molecular weight excluding hydrogens is 104 g/mol. The van der Waals surface area contributed by atoms with Gasteiger partial charge in [-0.2, -0.15) is 5.10 Å². The van der Waals surface area contributed by atoms with Gasteiger partial charge >= 0.3 is 0 Å². The minimum absolute atomic E-state index is 0.778. The van der Waals surface area contributed by atoms with Gasteiger partial charge in [-0.25, -0.2) is 7.05 Å². The van der Waals surface area contributed by atoms with Gasteiger partial charge in [0.1, 0.15) is 0 Å². The molecule has 0 aromatic heterocycles. The Bertz CT molecular complexity index is 111. The van der Waals surface area contributed by atoms with E-state index in [1.807, 2.05) is 0 Å². The van der Waals surface area contributed by atoms with Crippen molar-refractivity contribution in [1.29, 1.82) is 0 Å². The van der Waals surface area contributed by atoms with Gasteiger partial charge in [0, 0.05) is 13.0 Å². The molecule has 0 amide bonds. The molecule has 0 aromatic carbocycles. The molecular formula is C5H9N2O-. The minimum atomic E-state index is 0.778. The van der Waals surface area contributed by atoms with Gasteiger partial charge in [0.15, 0.2) is 0 Å². The molecule has 0 bridgehead atoms. The third-order valence-electron chi connectivity index (χ3n) is 1.07. The highest BCUT2D eigenvalue weighted by atomic mass is 16.5. The second-order valence-electron chi connectivity index (χ2n) is 1.68. The van der Waals surface area contributed by atoms with E-state index in [0.717, 1.165) is 18.9 Å². The minimum Gasteiger partial charge on any atom is -0.483 e. The summed E-state index contributed by atoms with van der Waals surface area (Å²) in [4.78, 5) is 0. The van der Waals surface area contributed by atoms with Crippen molar-refractivity contribution < 1.29 is 4.74 Å². The molecule has 0 atom stereocenters. The SMILES string of the molecule is [CH2-]N1CCC(OC)=N1. The number of methoxy groups -OCH3 is 1. The molecule has 1 aliphatic heterocycles. The van der Waals surface area contributed by atoms with Gasteiger partial charge in [0.05, 0.1) is 7.11 Å². The van der Waals surface area contributed by atoms with Gasteiger partial charge in [-0.05, 0) is 0 Å². The lowest BCUT2D eigenvalue weighted by Crippen LogP contribution is -2.01. The molecule has 1 aliphatic rings. The maximum atomic E-state index is 4.85. The Morgan fingerprint density at radius 1 is 1.88 bits per heavy atom. The van der Waals surface area contributed by atoms with Crippen molar-refractivity contribution in [3.05, 3.63) is 7.05 Å². The molecule has 0 unspecified atom stereocenters. The summed E-state index contributed by atoms with van der Waals surface area (Å²) in [5, 5.41) is 5.55. The predicted molar refractivity (Wildman–Crippen MR) is 31.1 cm³/mol. The van der Waals surface area contributed by atoms with E-state index in [9.17, 15) is 0 Å². The van der Waals surface area contributed by atoms with Crippen molar-refractivity contribution in [3.8, 4) is 0 Å². The van der Waals surface area contributed by atoms with E-state index >= 15 is 0 Å². The van der Waals surface area contributed by atoms with Gasteiger partial charge in [-0.1, -0.05) is 0 Å². The first-order valence-corrected chi connectivity index (χ1v) is 2.52. The topological polar surface area (TPSA) is 24.8 Å². The van der Waals surface area contributed by atoms with Gasteiger partial charge in [0.2, 0.25) is 5.90 Å². The van der Waals surface area contributed by atoms with Crippen LogP contribution in [0.5, 0.6) is 0 Å². The molecule has 46 valence electrons. The number of ether oxygens (including phenoxy) is 1. The number of rotatable bonds is 0. The molecule has 0 aromatic rings. The molecule has 0 fully saturated rings. The zero-order valence-corrected chi connectivity index (χ0v) is 4.92. The average molecular weight is 113 g/mol. The first-order valence-electron chi connectivity index (χ1n) is 2.52. The van der Waals surface area contributed by atoms with Crippen LogP contribution in [0.25, 0.3) is 0 Å². The third kappa shape index (κ3) is 0.911. The van der Waals surface area contributed by atoms with Gasteiger partial charge in [-0.3, -0.25) is 0 Å². The Hall–Kier alpha value is -0.730. The lowest BCUT2D eigenvalue weighted by Gasteiger charge is -2.11. The van der Waals surface area contributed by atoms with Crippen LogP contribution in [0.15, 0.2) is 5.10 Å². The van der Waals surface area contributed by atoms with Crippen LogP contribution < -0.4 is 0 Å². The standard InChI is InChI=1S/C5H9N2O/c1-7-4-3-5(6-7)8-2/h1,3-4H2,2H3/q-1. The summed E-state index contributed by atoms with van der Waals surface area (Å²) >= 11 is 0. The summed E-state index contributed by atoms with van der Waals surface area (Å²) in [5.41, 5.74) is 0. The fourth-order valence-electron chi connectivity index (χ4n) is 0.625. The van der Waals surface area contributed by atoms with Crippen LogP contribution in [0, 0.1) is 7.05 Å². The molecule has 1 heterocycles. The van der Waals surface area contributed by atoms with Crippen LogP contribution in [0.1, 0.15) is 6.42 Å². The Balaban J connectivity index is 2.44. The Morgan fingerprint density at radius 2 is 2.62 bits per heavy atom. The normalized spacial score (nSPS) is 18.8. The summed E-state index contributed by atoms with van der Waals surface area (Å²) in [5.74, 6) is 0.778. The van der Waals surface area contributed by atoms with Crippen LogP contribution in [-0.4, -0.2) is 24.6 Å². The number of nitrogens with zero attached hydrogens (tertiary/aromatic N) is 2. The van der Waals surface area contributed by atoms with Crippen LogP contribution >= 0.6 is 0 Å². The third-order valence-corrected chi connectivity index (χ3v) is 1.07. The second kappa shape index (κ2) is 2.03. The fraction of sp³-hybridized carbons (Fsp3) is 0.600. The van der Waals surface area contributed by atoms with Crippen molar-refractivity contribution in [1.82, 2.24) is 5.01 Å². The van der Waals surface area contributed by atoms with Crippen molar-refractivity contribution in [3.63, 3.8) is 0 Å². The van der Waals surface area contributed by atoms with Crippen LogP contribution in [0.4, 0.5) is 0 Å². The first kappa shape index (κ1) is 5.41. The van der Waals surface area contributed by atoms with E-state index in [0.29, 0.717) is 0 Å². The molecule has 0 spiro atoms. The maximum Gasteiger partial charge on any atom is 0.204 e. The summed E-state index contributed by atoms with van der Waals surface area (Å²) in [7, 11) is 5.22. The summed E-state index contributed by atoms with van der Waals surface area (Å²) in [6.07, 6.45) is 0.889. The smallest absolute Gasteiger partial charge is 0.204 e. The van der Waals surface area contributed by atoms with E-state index in [1.165, 1.54) is 0 Å². The van der Waals surface area contributed by atoms with E-state index in [-0.39, 0.29) is 0 Å². The van der Waals surface area contributed by atoms with Crippen molar-refractivity contribution >= 4 is 5.90 Å². The highest BCUT2D eigenvalue weighted by molar-refractivity contribution is 5.77. The molecule has 3 nitrogen and oxygen atoms in total. The number of hydrogen-bond donors (Lipinski definition) is 0. The van der Waals surface area contributed by atoms with Crippen LogP contribution in [-0.2, 0) is 4.74 Å². The molecule has 0 radical (unpaired) electrons. The van der Waals surface area contributed by atoms with Crippen LogP contribution in [0.3, 0.4) is 0 Å². The molecule has 1 rings (SSSR count). The lowest BCUT2D eigenvalue weighted by atomic mass is 10.4. The maximum absolute atomic E-state index is 4.85. The van der Waals surface area contributed by atoms with Gasteiger partial charge in [-0.15, -0.1) is 0 Å². The Labute approximate surface area is 48.9 Å². The Kier molecular flexibility index (Phi) is 1.37. The van der Waals surface area contributed by atoms with Crippen LogP contribution in [0.2, 0.25) is 0 Å².